The van der Waals surface area contributed by atoms with Crippen LogP contribution in [-0.4, -0.2) is 5.75 Å². The van der Waals surface area contributed by atoms with E-state index in [2.05, 4.69) is 39.5 Å². The Morgan fingerprint density at radius 3 is 2.58 bits per heavy atom. The quantitative estimate of drug-likeness (QED) is 0.620. The second kappa shape index (κ2) is 4.18. The van der Waals surface area contributed by atoms with Gasteiger partial charge >= 0.3 is 0 Å². The molecular formula is C11H18S. The molecule has 0 amide bonds. The predicted octanol–water partition coefficient (Wildman–Crippen LogP) is 3.61. The summed E-state index contributed by atoms with van der Waals surface area (Å²) in [5.74, 6) is 1.59. The maximum Gasteiger partial charge on any atom is 0.0156 e. The zero-order valence-electron chi connectivity index (χ0n) is 8.22. The maximum atomic E-state index is 4.38. The Morgan fingerprint density at radius 2 is 2.17 bits per heavy atom. The Morgan fingerprint density at radius 1 is 1.50 bits per heavy atom. The minimum Gasteiger partial charge on any atom is -0.175 e. The number of allylic oxidation sites excluding steroid dienone is 3. The highest BCUT2D eigenvalue weighted by Crippen LogP contribution is 2.30. The van der Waals surface area contributed by atoms with Gasteiger partial charge in [0.05, 0.1) is 0 Å². The van der Waals surface area contributed by atoms with Gasteiger partial charge < -0.3 is 0 Å². The molecule has 0 aromatic heterocycles. The van der Waals surface area contributed by atoms with E-state index >= 15 is 0 Å². The van der Waals surface area contributed by atoms with Crippen LogP contribution in [0.25, 0.3) is 0 Å². The van der Waals surface area contributed by atoms with Gasteiger partial charge in [-0.25, -0.2) is 0 Å². The molecule has 0 saturated carbocycles. The summed E-state index contributed by atoms with van der Waals surface area (Å²) in [6.07, 6.45) is 4.79. The first kappa shape index (κ1) is 9.91. The molecule has 0 bridgehead atoms. The second-order valence-corrected chi connectivity index (χ2v) is 4.06. The summed E-state index contributed by atoms with van der Waals surface area (Å²) in [7, 11) is 0. The molecule has 12 heavy (non-hydrogen) atoms. The van der Waals surface area contributed by atoms with Crippen LogP contribution in [0.1, 0.15) is 33.6 Å². The van der Waals surface area contributed by atoms with Crippen LogP contribution >= 0.6 is 12.6 Å². The lowest BCUT2D eigenvalue weighted by molar-refractivity contribution is 0.695. The van der Waals surface area contributed by atoms with Crippen LogP contribution in [0, 0.1) is 5.92 Å². The van der Waals surface area contributed by atoms with Gasteiger partial charge in [0.15, 0.2) is 0 Å². The zero-order chi connectivity index (χ0) is 9.14. The lowest BCUT2D eigenvalue weighted by Gasteiger charge is -2.21. The van der Waals surface area contributed by atoms with Gasteiger partial charge in [-0.15, -0.1) is 0 Å². The van der Waals surface area contributed by atoms with E-state index in [1.807, 2.05) is 0 Å². The molecule has 1 aliphatic rings. The van der Waals surface area contributed by atoms with Crippen LogP contribution in [0.3, 0.4) is 0 Å². The molecule has 0 nitrogen and oxygen atoms in total. The third-order valence-corrected chi connectivity index (χ3v) is 2.90. The Hall–Kier alpha value is -0.170. The van der Waals surface area contributed by atoms with Crippen LogP contribution in [0.5, 0.6) is 0 Å². The number of rotatable bonds is 2. The summed E-state index contributed by atoms with van der Waals surface area (Å²) >= 11 is 4.38. The summed E-state index contributed by atoms with van der Waals surface area (Å²) in [5, 5.41) is 0. The zero-order valence-corrected chi connectivity index (χ0v) is 9.12. The van der Waals surface area contributed by atoms with Crippen molar-refractivity contribution in [1.82, 2.24) is 0 Å². The van der Waals surface area contributed by atoms with Crippen LogP contribution in [0.4, 0.5) is 0 Å². The maximum absolute atomic E-state index is 4.38. The molecule has 0 saturated heterocycles. The molecule has 0 aromatic rings. The van der Waals surface area contributed by atoms with Crippen molar-refractivity contribution in [2.45, 2.75) is 33.6 Å². The van der Waals surface area contributed by atoms with Gasteiger partial charge in [0.1, 0.15) is 0 Å². The van der Waals surface area contributed by atoms with Crippen LogP contribution in [0.2, 0.25) is 0 Å². The van der Waals surface area contributed by atoms with Gasteiger partial charge in [-0.05, 0) is 31.3 Å². The molecule has 1 aliphatic carbocycles. The summed E-state index contributed by atoms with van der Waals surface area (Å²) < 4.78 is 0. The van der Waals surface area contributed by atoms with Crippen molar-refractivity contribution >= 4 is 12.6 Å². The van der Waals surface area contributed by atoms with Crippen LogP contribution in [0.15, 0.2) is 22.8 Å². The van der Waals surface area contributed by atoms with E-state index in [4.69, 9.17) is 0 Å². The molecule has 0 radical (unpaired) electrons. The summed E-state index contributed by atoms with van der Waals surface area (Å²) in [6, 6.07) is 0. The number of hydrogen-bond donors (Lipinski definition) is 1. The molecule has 0 atom stereocenters. The average Bonchev–Trinajstić information content (AvgIpc) is 2.03. The normalized spacial score (nSPS) is 18.6. The van der Waals surface area contributed by atoms with E-state index in [0.717, 1.165) is 5.75 Å². The molecule has 68 valence electrons. The minimum atomic E-state index is 0.691. The van der Waals surface area contributed by atoms with E-state index in [-0.39, 0.29) is 0 Å². The van der Waals surface area contributed by atoms with E-state index in [1.54, 1.807) is 5.57 Å². The monoisotopic (exact) mass is 182 g/mol. The van der Waals surface area contributed by atoms with Crippen LogP contribution in [-0.2, 0) is 0 Å². The molecule has 1 rings (SSSR count). The van der Waals surface area contributed by atoms with Gasteiger partial charge in [-0.2, -0.15) is 12.6 Å². The topological polar surface area (TPSA) is 0 Å². The third kappa shape index (κ3) is 1.95. The van der Waals surface area contributed by atoms with Crippen molar-refractivity contribution in [1.29, 1.82) is 0 Å². The van der Waals surface area contributed by atoms with Gasteiger partial charge in [-0.3, -0.25) is 0 Å². The summed E-state index contributed by atoms with van der Waals surface area (Å²) in [6.45, 7) is 6.75. The highest BCUT2D eigenvalue weighted by Gasteiger charge is 2.13. The summed E-state index contributed by atoms with van der Waals surface area (Å²) in [4.78, 5) is 0. The highest BCUT2D eigenvalue weighted by molar-refractivity contribution is 7.80. The van der Waals surface area contributed by atoms with Crippen molar-refractivity contribution in [2.24, 2.45) is 5.92 Å². The van der Waals surface area contributed by atoms with Crippen molar-refractivity contribution in [3.05, 3.63) is 22.8 Å². The fourth-order valence-electron chi connectivity index (χ4n) is 1.83. The predicted molar refractivity (Wildman–Crippen MR) is 58.7 cm³/mol. The number of hydrogen-bond acceptors (Lipinski definition) is 1. The standard InChI is InChI=1S/C11H18S/c1-8(2)10-6-4-5-9(3)11(10)7-12/h5,8,12H,4,6-7H2,1-3H3. The first-order valence-corrected chi connectivity index (χ1v) is 5.30. The molecule has 0 aliphatic heterocycles. The fraction of sp³-hybridized carbons (Fsp3) is 0.636. The Kier molecular flexibility index (Phi) is 3.45. The SMILES string of the molecule is CC1=CCCC(C(C)C)=C1CS. The van der Waals surface area contributed by atoms with Crippen molar-refractivity contribution in [3.63, 3.8) is 0 Å². The summed E-state index contributed by atoms with van der Waals surface area (Å²) in [5.41, 5.74) is 4.55. The van der Waals surface area contributed by atoms with Gasteiger partial charge in [0.2, 0.25) is 0 Å². The van der Waals surface area contributed by atoms with E-state index < -0.39 is 0 Å². The molecule has 0 unspecified atom stereocenters. The molecular weight excluding hydrogens is 164 g/mol. The average molecular weight is 182 g/mol. The molecule has 0 N–H and O–H groups in total. The molecule has 0 fully saturated rings. The van der Waals surface area contributed by atoms with Gasteiger partial charge in [0, 0.05) is 5.75 Å². The van der Waals surface area contributed by atoms with E-state index in [1.165, 1.54) is 24.0 Å². The second-order valence-electron chi connectivity index (χ2n) is 3.74. The van der Waals surface area contributed by atoms with Crippen molar-refractivity contribution < 1.29 is 0 Å². The first-order valence-electron chi connectivity index (χ1n) is 4.66. The molecule has 0 aromatic carbocycles. The first-order chi connectivity index (χ1) is 5.66. The third-order valence-electron chi connectivity index (χ3n) is 2.58. The Bertz CT molecular complexity index is 221. The van der Waals surface area contributed by atoms with E-state index in [0.29, 0.717) is 5.92 Å². The van der Waals surface area contributed by atoms with Crippen LogP contribution < -0.4 is 0 Å². The minimum absolute atomic E-state index is 0.691. The molecule has 0 heterocycles. The van der Waals surface area contributed by atoms with Crippen molar-refractivity contribution in [2.75, 3.05) is 5.75 Å². The molecule has 1 heteroatoms. The smallest absolute Gasteiger partial charge is 0.0156 e. The number of thiol groups is 1. The largest absolute Gasteiger partial charge is 0.175 e. The lowest BCUT2D eigenvalue weighted by atomic mass is 9.86. The Balaban J connectivity index is 2.96. The highest BCUT2D eigenvalue weighted by atomic mass is 32.1. The van der Waals surface area contributed by atoms with Crippen molar-refractivity contribution in [3.8, 4) is 0 Å². The molecule has 0 spiro atoms. The van der Waals surface area contributed by atoms with Gasteiger partial charge in [0.25, 0.3) is 0 Å². The van der Waals surface area contributed by atoms with E-state index in [9.17, 15) is 0 Å². The van der Waals surface area contributed by atoms with Gasteiger partial charge in [-0.1, -0.05) is 31.1 Å². The fourth-order valence-corrected chi connectivity index (χ4v) is 2.29. The Labute approximate surface area is 81.2 Å². The lowest BCUT2D eigenvalue weighted by Crippen LogP contribution is -2.06.